The van der Waals surface area contributed by atoms with Crippen molar-refractivity contribution in [2.24, 2.45) is 0 Å². The van der Waals surface area contributed by atoms with Crippen LogP contribution in [0.3, 0.4) is 0 Å². The maximum Gasteiger partial charge on any atom is 0.224 e. The molecule has 1 aliphatic heterocycles. The van der Waals surface area contributed by atoms with Gasteiger partial charge in [0.05, 0.1) is 4.47 Å². The second-order valence-electron chi connectivity index (χ2n) is 5.24. The molecule has 1 aromatic rings. The molecule has 0 unspecified atom stereocenters. The lowest BCUT2D eigenvalue weighted by Crippen LogP contribution is -2.28. The van der Waals surface area contributed by atoms with E-state index >= 15 is 0 Å². The molecule has 2 rings (SSSR count). The Kier molecular flexibility index (Phi) is 4.95. The number of thioether (sulfide) groups is 1. The molecule has 106 valence electrons. The summed E-state index contributed by atoms with van der Waals surface area (Å²) in [5.41, 5.74) is 0. The van der Waals surface area contributed by atoms with Crippen LogP contribution in [0, 0.1) is 0 Å². The van der Waals surface area contributed by atoms with Crippen molar-refractivity contribution in [2.75, 3.05) is 35.6 Å². The highest BCUT2D eigenvalue weighted by Gasteiger charge is 2.25. The molecule has 0 bridgehead atoms. The van der Waals surface area contributed by atoms with Gasteiger partial charge < -0.3 is 10.2 Å². The number of hydrogen-bond donors (Lipinski definition) is 1. The van der Waals surface area contributed by atoms with Crippen LogP contribution in [0.2, 0.25) is 0 Å². The van der Waals surface area contributed by atoms with Crippen molar-refractivity contribution in [3.8, 4) is 0 Å². The standard InChI is InChI=1S/C13H21BrN4S/c1-4-15-12-16-9-10(14)11(17-12)18-6-5-13(2,3)19-8-7-18/h9H,4-8H2,1-3H3,(H,15,16,17). The molecule has 0 amide bonds. The molecule has 6 heteroatoms. The molecule has 0 saturated carbocycles. The lowest BCUT2D eigenvalue weighted by Gasteiger charge is -2.24. The molecule has 1 saturated heterocycles. The van der Waals surface area contributed by atoms with Gasteiger partial charge in [-0.1, -0.05) is 13.8 Å². The van der Waals surface area contributed by atoms with Gasteiger partial charge in [-0.3, -0.25) is 0 Å². The number of nitrogens with zero attached hydrogens (tertiary/aromatic N) is 3. The molecule has 1 aromatic heterocycles. The van der Waals surface area contributed by atoms with Crippen LogP contribution in [0.15, 0.2) is 10.7 Å². The van der Waals surface area contributed by atoms with Crippen LogP contribution < -0.4 is 10.2 Å². The maximum absolute atomic E-state index is 4.62. The number of halogens is 1. The van der Waals surface area contributed by atoms with Crippen molar-refractivity contribution in [3.63, 3.8) is 0 Å². The summed E-state index contributed by atoms with van der Waals surface area (Å²) in [7, 11) is 0. The first kappa shape index (κ1) is 14.9. The van der Waals surface area contributed by atoms with Crippen molar-refractivity contribution in [1.29, 1.82) is 0 Å². The minimum atomic E-state index is 0.360. The summed E-state index contributed by atoms with van der Waals surface area (Å²) in [6.45, 7) is 9.61. The molecule has 1 aliphatic rings. The predicted molar refractivity (Wildman–Crippen MR) is 87.3 cm³/mol. The monoisotopic (exact) mass is 344 g/mol. The van der Waals surface area contributed by atoms with Crippen LogP contribution in [0.5, 0.6) is 0 Å². The number of nitrogens with one attached hydrogen (secondary N) is 1. The molecule has 0 atom stereocenters. The molecule has 1 N–H and O–H groups in total. The molecule has 0 aromatic carbocycles. The average Bonchev–Trinajstić information content (AvgIpc) is 2.53. The normalized spacial score (nSPS) is 19.1. The highest BCUT2D eigenvalue weighted by Crippen LogP contribution is 2.33. The molecular formula is C13H21BrN4S. The Balaban J connectivity index is 2.18. The second kappa shape index (κ2) is 6.31. The second-order valence-corrected chi connectivity index (χ2v) is 7.90. The van der Waals surface area contributed by atoms with E-state index in [2.05, 4.69) is 56.9 Å². The Morgan fingerprint density at radius 3 is 3.00 bits per heavy atom. The van der Waals surface area contributed by atoms with Crippen LogP contribution >= 0.6 is 27.7 Å². The smallest absolute Gasteiger partial charge is 0.224 e. The Morgan fingerprint density at radius 1 is 1.47 bits per heavy atom. The maximum atomic E-state index is 4.62. The van der Waals surface area contributed by atoms with Crippen molar-refractivity contribution in [3.05, 3.63) is 10.7 Å². The summed E-state index contributed by atoms with van der Waals surface area (Å²) >= 11 is 5.61. The highest BCUT2D eigenvalue weighted by molar-refractivity contribution is 9.10. The van der Waals surface area contributed by atoms with Crippen molar-refractivity contribution in [1.82, 2.24) is 9.97 Å². The Bertz CT molecular complexity index is 439. The zero-order valence-electron chi connectivity index (χ0n) is 11.7. The van der Waals surface area contributed by atoms with Gasteiger partial charge in [0.25, 0.3) is 0 Å². The van der Waals surface area contributed by atoms with E-state index in [-0.39, 0.29) is 0 Å². The van der Waals surface area contributed by atoms with Crippen LogP contribution in [-0.4, -0.2) is 40.1 Å². The molecule has 0 radical (unpaired) electrons. The summed E-state index contributed by atoms with van der Waals surface area (Å²) in [5, 5.41) is 3.17. The van der Waals surface area contributed by atoms with Gasteiger partial charge in [0, 0.05) is 36.3 Å². The zero-order valence-corrected chi connectivity index (χ0v) is 14.1. The molecule has 4 nitrogen and oxygen atoms in total. The van der Waals surface area contributed by atoms with E-state index in [1.165, 1.54) is 6.42 Å². The van der Waals surface area contributed by atoms with Gasteiger partial charge in [0.1, 0.15) is 5.82 Å². The molecule has 19 heavy (non-hydrogen) atoms. The van der Waals surface area contributed by atoms with E-state index < -0.39 is 0 Å². The summed E-state index contributed by atoms with van der Waals surface area (Å²) in [4.78, 5) is 11.3. The minimum Gasteiger partial charge on any atom is -0.355 e. The number of anilines is 2. The number of aromatic nitrogens is 2. The molecule has 0 aliphatic carbocycles. The van der Waals surface area contributed by atoms with Crippen LogP contribution in [0.4, 0.5) is 11.8 Å². The van der Waals surface area contributed by atoms with Gasteiger partial charge >= 0.3 is 0 Å². The van der Waals surface area contributed by atoms with E-state index in [1.807, 2.05) is 18.0 Å². The quantitative estimate of drug-likeness (QED) is 0.909. The first-order chi connectivity index (χ1) is 9.02. The summed E-state index contributed by atoms with van der Waals surface area (Å²) in [6, 6.07) is 0. The largest absolute Gasteiger partial charge is 0.355 e. The molecule has 2 heterocycles. The average molecular weight is 345 g/mol. The lowest BCUT2D eigenvalue weighted by atomic mass is 10.1. The SMILES string of the molecule is CCNc1ncc(Br)c(N2CCSC(C)(C)CC2)n1. The van der Waals surface area contributed by atoms with Gasteiger partial charge in [-0.2, -0.15) is 16.7 Å². The number of rotatable bonds is 3. The molecule has 1 fully saturated rings. The fourth-order valence-electron chi connectivity index (χ4n) is 2.06. The van der Waals surface area contributed by atoms with Crippen molar-refractivity contribution < 1.29 is 0 Å². The fourth-order valence-corrected chi connectivity index (χ4v) is 3.60. The molecule has 0 spiro atoms. The Labute approximate surface area is 127 Å². The highest BCUT2D eigenvalue weighted by atomic mass is 79.9. The summed E-state index contributed by atoms with van der Waals surface area (Å²) < 4.78 is 1.33. The molecular weight excluding hydrogens is 324 g/mol. The fraction of sp³-hybridized carbons (Fsp3) is 0.692. The van der Waals surface area contributed by atoms with E-state index in [4.69, 9.17) is 0 Å². The summed E-state index contributed by atoms with van der Waals surface area (Å²) in [6.07, 6.45) is 3.01. The van der Waals surface area contributed by atoms with E-state index in [9.17, 15) is 0 Å². The van der Waals surface area contributed by atoms with Gasteiger partial charge in [-0.15, -0.1) is 0 Å². The van der Waals surface area contributed by atoms with E-state index in [1.54, 1.807) is 0 Å². The lowest BCUT2D eigenvalue weighted by molar-refractivity contribution is 0.634. The predicted octanol–water partition coefficient (Wildman–Crippen LogP) is 3.39. The van der Waals surface area contributed by atoms with Crippen LogP contribution in [-0.2, 0) is 0 Å². The van der Waals surface area contributed by atoms with Gasteiger partial charge in [-0.25, -0.2) is 4.98 Å². The topological polar surface area (TPSA) is 41.1 Å². The van der Waals surface area contributed by atoms with E-state index in [0.717, 1.165) is 35.7 Å². The summed E-state index contributed by atoms with van der Waals surface area (Å²) in [5.74, 6) is 2.85. The third-order valence-electron chi connectivity index (χ3n) is 3.20. The van der Waals surface area contributed by atoms with Crippen LogP contribution in [0.25, 0.3) is 0 Å². The van der Waals surface area contributed by atoms with Gasteiger partial charge in [0.15, 0.2) is 0 Å². The number of hydrogen-bond acceptors (Lipinski definition) is 5. The third-order valence-corrected chi connectivity index (χ3v) is 5.13. The van der Waals surface area contributed by atoms with Gasteiger partial charge in [-0.05, 0) is 29.3 Å². The first-order valence-corrected chi connectivity index (χ1v) is 8.45. The Hall–Kier alpha value is -0.490. The third kappa shape index (κ3) is 3.99. The van der Waals surface area contributed by atoms with Crippen molar-refractivity contribution in [2.45, 2.75) is 31.9 Å². The van der Waals surface area contributed by atoms with E-state index in [0.29, 0.717) is 10.7 Å². The Morgan fingerprint density at radius 2 is 2.26 bits per heavy atom. The van der Waals surface area contributed by atoms with Crippen molar-refractivity contribution >= 4 is 39.5 Å². The van der Waals surface area contributed by atoms with Crippen LogP contribution in [0.1, 0.15) is 27.2 Å². The minimum absolute atomic E-state index is 0.360. The van der Waals surface area contributed by atoms with Gasteiger partial charge in [0.2, 0.25) is 5.95 Å². The zero-order chi connectivity index (χ0) is 13.9. The first-order valence-electron chi connectivity index (χ1n) is 6.67.